The van der Waals surface area contributed by atoms with Gasteiger partial charge in [-0.3, -0.25) is 9.59 Å². The second-order valence-electron chi connectivity index (χ2n) is 12.9. The fraction of sp³-hybridized carbons (Fsp3) is 0.548. The van der Waals surface area contributed by atoms with Crippen LogP contribution >= 0.6 is 0 Å². The van der Waals surface area contributed by atoms with Crippen molar-refractivity contribution >= 4 is 11.7 Å². The number of ketones is 1. The van der Waals surface area contributed by atoms with E-state index in [1.165, 1.54) is 0 Å². The third kappa shape index (κ3) is 2.89. The summed E-state index contributed by atoms with van der Waals surface area (Å²) in [5, 5.41) is 0. The molecule has 2 heterocycles. The van der Waals surface area contributed by atoms with E-state index in [0.29, 0.717) is 24.3 Å². The van der Waals surface area contributed by atoms with Gasteiger partial charge in [0, 0.05) is 35.9 Å². The van der Waals surface area contributed by atoms with Crippen molar-refractivity contribution in [1.82, 2.24) is 4.90 Å². The summed E-state index contributed by atoms with van der Waals surface area (Å²) in [6.45, 7) is 18.0. The standard InChI is InChI=1S/C31H39NO3/c1-27(2)24-23(33)18-19-32(25(24)28(27,3)4)26(34)20-14-16-22(17-15-20)31(21-12-10-9-11-13-21)29(5,6)30(7,8)35-31/h9-17,24-25H,18-19H2,1-8H3/t24-,25+,31+/m0/s1. The molecule has 2 aromatic rings. The maximum Gasteiger partial charge on any atom is 0.254 e. The summed E-state index contributed by atoms with van der Waals surface area (Å²) in [6, 6.07) is 18.3. The normalized spacial score (nSPS) is 31.7. The van der Waals surface area contributed by atoms with Gasteiger partial charge in [0.2, 0.25) is 0 Å². The summed E-state index contributed by atoms with van der Waals surface area (Å²) in [7, 11) is 0. The molecule has 0 bridgehead atoms. The highest BCUT2D eigenvalue weighted by Gasteiger charge is 2.69. The molecule has 35 heavy (non-hydrogen) atoms. The first-order valence-electron chi connectivity index (χ1n) is 12.9. The van der Waals surface area contributed by atoms with Gasteiger partial charge in [-0.15, -0.1) is 0 Å². The van der Waals surface area contributed by atoms with Gasteiger partial charge in [-0.05, 0) is 47.9 Å². The lowest BCUT2D eigenvalue weighted by Gasteiger charge is -2.68. The molecule has 3 fully saturated rings. The van der Waals surface area contributed by atoms with Gasteiger partial charge in [0.15, 0.2) is 0 Å². The molecule has 5 rings (SSSR count). The maximum absolute atomic E-state index is 13.7. The second kappa shape index (κ2) is 7.29. The predicted octanol–water partition coefficient (Wildman–Crippen LogP) is 6.23. The van der Waals surface area contributed by atoms with Crippen LogP contribution in [0.3, 0.4) is 0 Å². The first-order chi connectivity index (χ1) is 16.2. The summed E-state index contributed by atoms with van der Waals surface area (Å²) in [5.41, 5.74) is 1.60. The van der Waals surface area contributed by atoms with Crippen LogP contribution in [0.15, 0.2) is 54.6 Å². The van der Waals surface area contributed by atoms with Crippen molar-refractivity contribution in [2.24, 2.45) is 22.2 Å². The number of ether oxygens (including phenoxy) is 1. The molecule has 2 aliphatic heterocycles. The van der Waals surface area contributed by atoms with Crippen LogP contribution in [0, 0.1) is 22.2 Å². The van der Waals surface area contributed by atoms with Crippen molar-refractivity contribution in [3.05, 3.63) is 71.3 Å². The first-order valence-corrected chi connectivity index (χ1v) is 12.9. The Kier molecular flexibility index (Phi) is 5.05. The Bertz CT molecular complexity index is 1180. The van der Waals surface area contributed by atoms with Gasteiger partial charge in [0.05, 0.1) is 5.60 Å². The number of fused-ring (bicyclic) bond motifs is 1. The number of likely N-dealkylation sites (tertiary alicyclic amines) is 1. The van der Waals surface area contributed by atoms with Gasteiger partial charge in [-0.25, -0.2) is 0 Å². The Morgan fingerprint density at radius 1 is 0.829 bits per heavy atom. The molecule has 1 amide bonds. The molecule has 2 saturated heterocycles. The Morgan fingerprint density at radius 2 is 1.40 bits per heavy atom. The monoisotopic (exact) mass is 473 g/mol. The summed E-state index contributed by atoms with van der Waals surface area (Å²) in [6.07, 6.45) is 0.443. The predicted molar refractivity (Wildman–Crippen MR) is 138 cm³/mol. The summed E-state index contributed by atoms with van der Waals surface area (Å²) < 4.78 is 6.69. The van der Waals surface area contributed by atoms with Crippen LogP contribution in [0.5, 0.6) is 0 Å². The average Bonchev–Trinajstić information content (AvgIpc) is 2.82. The smallest absolute Gasteiger partial charge is 0.254 e. The Balaban J connectivity index is 1.48. The molecule has 3 atom stereocenters. The lowest BCUT2D eigenvalue weighted by molar-refractivity contribution is -0.344. The highest BCUT2D eigenvalue weighted by molar-refractivity contribution is 5.97. The van der Waals surface area contributed by atoms with E-state index in [1.807, 2.05) is 23.1 Å². The molecule has 1 aliphatic carbocycles. The molecule has 0 radical (unpaired) electrons. The van der Waals surface area contributed by atoms with Crippen molar-refractivity contribution < 1.29 is 14.3 Å². The van der Waals surface area contributed by atoms with Gasteiger partial charge >= 0.3 is 0 Å². The summed E-state index contributed by atoms with van der Waals surface area (Å²) in [4.78, 5) is 28.4. The number of carbonyl (C=O) groups excluding carboxylic acids is 2. The number of Topliss-reactive ketones (excluding diaryl/α,β-unsaturated/α-hetero) is 1. The van der Waals surface area contributed by atoms with Gasteiger partial charge < -0.3 is 9.64 Å². The molecular weight excluding hydrogens is 434 g/mol. The molecular formula is C31H39NO3. The van der Waals surface area contributed by atoms with Crippen molar-refractivity contribution in [1.29, 1.82) is 0 Å². The van der Waals surface area contributed by atoms with Crippen molar-refractivity contribution in [2.75, 3.05) is 6.54 Å². The Morgan fingerprint density at radius 3 is 1.94 bits per heavy atom. The van der Waals surface area contributed by atoms with Crippen LogP contribution in [0.25, 0.3) is 0 Å². The summed E-state index contributed by atoms with van der Waals surface area (Å²) in [5.74, 6) is 0.239. The third-order valence-corrected chi connectivity index (χ3v) is 10.5. The van der Waals surface area contributed by atoms with E-state index in [4.69, 9.17) is 4.74 Å². The lowest BCUT2D eigenvalue weighted by Crippen LogP contribution is -2.74. The van der Waals surface area contributed by atoms with E-state index in [9.17, 15) is 9.59 Å². The van der Waals surface area contributed by atoms with E-state index in [-0.39, 0.29) is 39.7 Å². The van der Waals surface area contributed by atoms with Crippen LogP contribution in [-0.2, 0) is 15.1 Å². The largest absolute Gasteiger partial charge is 0.358 e. The minimum Gasteiger partial charge on any atom is -0.358 e. The van der Waals surface area contributed by atoms with Gasteiger partial charge in [0.1, 0.15) is 11.4 Å². The van der Waals surface area contributed by atoms with Gasteiger partial charge in [-0.2, -0.15) is 0 Å². The number of hydrogen-bond acceptors (Lipinski definition) is 3. The van der Waals surface area contributed by atoms with E-state index in [2.05, 4.69) is 91.8 Å². The first kappa shape index (κ1) is 24.2. The number of rotatable bonds is 3. The van der Waals surface area contributed by atoms with Crippen LogP contribution < -0.4 is 0 Å². The second-order valence-corrected chi connectivity index (χ2v) is 12.9. The number of carbonyl (C=O) groups is 2. The molecule has 186 valence electrons. The molecule has 0 unspecified atom stereocenters. The van der Waals surface area contributed by atoms with E-state index in [1.54, 1.807) is 0 Å². The van der Waals surface area contributed by atoms with Crippen LogP contribution in [0.2, 0.25) is 0 Å². The highest BCUT2D eigenvalue weighted by atomic mass is 16.6. The van der Waals surface area contributed by atoms with Gasteiger partial charge in [-0.1, -0.05) is 84.0 Å². The quantitative estimate of drug-likeness (QED) is 0.531. The highest BCUT2D eigenvalue weighted by Crippen LogP contribution is 2.65. The molecule has 2 aromatic carbocycles. The molecule has 1 saturated carbocycles. The number of amides is 1. The zero-order valence-electron chi connectivity index (χ0n) is 22.4. The SMILES string of the molecule is CC1(C)O[C@](c2ccccc2)(c2ccc(C(=O)N3CCC(=O)[C@H]4[C@@H]3C(C)(C)C4(C)C)cc2)C1(C)C. The maximum atomic E-state index is 13.7. The molecule has 0 N–H and O–H groups in total. The van der Waals surface area contributed by atoms with E-state index in [0.717, 1.165) is 11.1 Å². The topological polar surface area (TPSA) is 46.6 Å². The van der Waals surface area contributed by atoms with Crippen LogP contribution in [0.1, 0.15) is 83.3 Å². The Hall–Kier alpha value is -2.46. The molecule has 4 nitrogen and oxygen atoms in total. The number of hydrogen-bond donors (Lipinski definition) is 0. The molecule has 4 heteroatoms. The fourth-order valence-electron chi connectivity index (χ4n) is 7.11. The van der Waals surface area contributed by atoms with E-state index < -0.39 is 5.60 Å². The number of nitrogens with zero attached hydrogens (tertiary/aromatic N) is 1. The minimum atomic E-state index is -0.581. The van der Waals surface area contributed by atoms with E-state index >= 15 is 0 Å². The zero-order valence-corrected chi connectivity index (χ0v) is 22.4. The van der Waals surface area contributed by atoms with Crippen molar-refractivity contribution in [2.45, 2.75) is 79.1 Å². The minimum absolute atomic E-state index is 0.0190. The van der Waals surface area contributed by atoms with Crippen LogP contribution in [0.4, 0.5) is 0 Å². The zero-order chi connectivity index (χ0) is 25.6. The number of benzene rings is 2. The Labute approximate surface area is 210 Å². The lowest BCUT2D eigenvalue weighted by atomic mass is 9.41. The third-order valence-electron chi connectivity index (χ3n) is 10.5. The van der Waals surface area contributed by atoms with Gasteiger partial charge in [0.25, 0.3) is 5.91 Å². The number of piperidine rings is 1. The summed E-state index contributed by atoms with van der Waals surface area (Å²) >= 11 is 0. The van der Waals surface area contributed by atoms with Crippen molar-refractivity contribution in [3.63, 3.8) is 0 Å². The fourth-order valence-corrected chi connectivity index (χ4v) is 7.11. The van der Waals surface area contributed by atoms with Crippen LogP contribution in [-0.4, -0.2) is 34.8 Å². The van der Waals surface area contributed by atoms with Crippen molar-refractivity contribution in [3.8, 4) is 0 Å². The molecule has 0 aromatic heterocycles. The molecule has 3 aliphatic rings. The average molecular weight is 474 g/mol. The molecule has 0 spiro atoms.